The van der Waals surface area contributed by atoms with Gasteiger partial charge in [-0.05, 0) is 24.6 Å². The molecule has 1 aliphatic heterocycles. The number of hydrogen-bond acceptors (Lipinski definition) is 5. The Morgan fingerprint density at radius 3 is 2.68 bits per heavy atom. The number of fused-ring (bicyclic) bond motifs is 2. The average Bonchev–Trinajstić information content (AvgIpc) is 3.41. The summed E-state index contributed by atoms with van der Waals surface area (Å²) < 4.78 is 13.5. The monoisotopic (exact) mass is 415 g/mol. The molecule has 2 aromatic carbocycles. The summed E-state index contributed by atoms with van der Waals surface area (Å²) in [5, 5.41) is 0.467. The van der Waals surface area contributed by atoms with Crippen LogP contribution in [0.3, 0.4) is 0 Å². The fourth-order valence-corrected chi connectivity index (χ4v) is 4.26. The van der Waals surface area contributed by atoms with E-state index in [4.69, 9.17) is 9.15 Å². The first kappa shape index (κ1) is 19.1. The lowest BCUT2D eigenvalue weighted by Crippen LogP contribution is -2.31. The highest BCUT2D eigenvalue weighted by atomic mass is 16.5. The normalized spacial score (nSPS) is 15.5. The summed E-state index contributed by atoms with van der Waals surface area (Å²) >= 11 is 0. The molecule has 31 heavy (non-hydrogen) atoms. The quantitative estimate of drug-likeness (QED) is 0.481. The van der Waals surface area contributed by atoms with Gasteiger partial charge in [-0.2, -0.15) is 0 Å². The van der Waals surface area contributed by atoms with Gasteiger partial charge in [0.2, 0.25) is 5.76 Å². The van der Waals surface area contributed by atoms with Gasteiger partial charge in [-0.15, -0.1) is 0 Å². The Hall–Kier alpha value is -3.87. The highest BCUT2D eigenvalue weighted by Gasteiger charge is 2.43. The fourth-order valence-electron chi connectivity index (χ4n) is 4.26. The molecule has 1 atom stereocenters. The number of benzene rings is 2. The lowest BCUT2D eigenvalue weighted by Gasteiger charge is -2.26. The van der Waals surface area contributed by atoms with Crippen molar-refractivity contribution in [1.29, 1.82) is 0 Å². The van der Waals surface area contributed by atoms with Crippen LogP contribution in [0.15, 0.2) is 76.5 Å². The summed E-state index contributed by atoms with van der Waals surface area (Å²) in [7, 11) is 1.59. The highest BCUT2D eigenvalue weighted by molar-refractivity contribution is 5.99. The van der Waals surface area contributed by atoms with Crippen LogP contribution < -0.4 is 10.2 Å². The van der Waals surface area contributed by atoms with Gasteiger partial charge < -0.3 is 18.6 Å². The van der Waals surface area contributed by atoms with E-state index in [1.807, 2.05) is 35.0 Å². The number of aromatic nitrogens is 2. The molecule has 156 valence electrons. The Kier molecular flexibility index (Phi) is 4.78. The number of para-hydroxylation sites is 2. The lowest BCUT2D eigenvalue weighted by molar-refractivity contribution is 0.0722. The lowest BCUT2D eigenvalue weighted by atomic mass is 9.97. The predicted octanol–water partition coefficient (Wildman–Crippen LogP) is 3.63. The maximum Gasteiger partial charge on any atom is 0.290 e. The molecule has 0 radical (unpaired) electrons. The number of hydrogen-bond donors (Lipinski definition) is 0. The molecule has 0 saturated carbocycles. The maximum absolute atomic E-state index is 13.5. The molecule has 7 heteroatoms. The third-order valence-electron chi connectivity index (χ3n) is 5.68. The zero-order valence-corrected chi connectivity index (χ0v) is 17.0. The summed E-state index contributed by atoms with van der Waals surface area (Å²) in [5.74, 6) is 0.460. The van der Waals surface area contributed by atoms with Gasteiger partial charge in [-0.3, -0.25) is 9.59 Å². The van der Waals surface area contributed by atoms with E-state index in [0.29, 0.717) is 41.8 Å². The van der Waals surface area contributed by atoms with Crippen LogP contribution in [0.4, 0.5) is 0 Å². The molecule has 1 amide bonds. The molecule has 2 aromatic heterocycles. The number of rotatable bonds is 6. The van der Waals surface area contributed by atoms with Crippen LogP contribution in [0.5, 0.6) is 5.75 Å². The van der Waals surface area contributed by atoms with Crippen molar-refractivity contribution in [2.45, 2.75) is 19.0 Å². The molecule has 7 nitrogen and oxygen atoms in total. The summed E-state index contributed by atoms with van der Waals surface area (Å²) in [4.78, 5) is 32.6. The van der Waals surface area contributed by atoms with Gasteiger partial charge in [-0.25, -0.2) is 4.98 Å². The standard InChI is InChI=1S/C24H21N3O4/c1-30-18-9-4-2-7-16(18)21-20-22(28)17-8-3-5-10-19(17)31-23(20)24(29)27(21)13-6-12-26-14-11-25-15-26/h2-5,7-11,14-15,21H,6,12-13H2,1H3. The predicted molar refractivity (Wildman–Crippen MR) is 115 cm³/mol. The minimum absolute atomic E-state index is 0.113. The van der Waals surface area contributed by atoms with Gasteiger partial charge >= 0.3 is 0 Å². The zero-order valence-electron chi connectivity index (χ0n) is 17.0. The number of carbonyl (C=O) groups is 1. The Labute approximate surface area is 178 Å². The van der Waals surface area contributed by atoms with Gasteiger partial charge in [0, 0.05) is 31.0 Å². The van der Waals surface area contributed by atoms with E-state index in [1.54, 1.807) is 48.8 Å². The number of aryl methyl sites for hydroxylation is 1. The van der Waals surface area contributed by atoms with Crippen molar-refractivity contribution in [1.82, 2.24) is 14.5 Å². The van der Waals surface area contributed by atoms with Crippen LogP contribution >= 0.6 is 0 Å². The van der Waals surface area contributed by atoms with E-state index in [9.17, 15) is 9.59 Å². The number of carbonyl (C=O) groups excluding carboxylic acids is 1. The third kappa shape index (κ3) is 3.18. The first-order valence-electron chi connectivity index (χ1n) is 10.1. The van der Waals surface area contributed by atoms with E-state index in [2.05, 4.69) is 4.98 Å². The molecule has 0 saturated heterocycles. The highest BCUT2D eigenvalue weighted by Crippen LogP contribution is 2.41. The van der Waals surface area contributed by atoms with Gasteiger partial charge in [0.25, 0.3) is 5.91 Å². The molecule has 1 unspecified atom stereocenters. The zero-order chi connectivity index (χ0) is 21.4. The fraction of sp³-hybridized carbons (Fsp3) is 0.208. The van der Waals surface area contributed by atoms with E-state index in [-0.39, 0.29) is 17.1 Å². The van der Waals surface area contributed by atoms with Crippen molar-refractivity contribution in [2.24, 2.45) is 0 Å². The third-order valence-corrected chi connectivity index (χ3v) is 5.68. The topological polar surface area (TPSA) is 77.6 Å². The summed E-state index contributed by atoms with van der Waals surface area (Å²) in [5.41, 5.74) is 1.37. The molecule has 0 spiro atoms. The molecule has 0 aliphatic carbocycles. The van der Waals surface area contributed by atoms with Gasteiger partial charge in [0.15, 0.2) is 5.43 Å². The Balaban J connectivity index is 1.62. The minimum Gasteiger partial charge on any atom is -0.496 e. The SMILES string of the molecule is COc1ccccc1C1c2c(oc3ccccc3c2=O)C(=O)N1CCCn1ccnc1. The van der Waals surface area contributed by atoms with Gasteiger partial charge in [0.1, 0.15) is 11.3 Å². The Morgan fingerprint density at radius 2 is 1.87 bits per heavy atom. The Bertz CT molecular complexity index is 1310. The van der Waals surface area contributed by atoms with Crippen LogP contribution in [0.1, 0.15) is 34.1 Å². The van der Waals surface area contributed by atoms with Crippen molar-refractivity contribution in [2.75, 3.05) is 13.7 Å². The first-order valence-corrected chi connectivity index (χ1v) is 10.1. The van der Waals surface area contributed by atoms with Crippen LogP contribution in [0.25, 0.3) is 11.0 Å². The number of methoxy groups -OCH3 is 1. The van der Waals surface area contributed by atoms with Crippen molar-refractivity contribution in [3.05, 3.63) is 94.4 Å². The summed E-state index contributed by atoms with van der Waals surface area (Å²) in [6.07, 6.45) is 6.06. The van der Waals surface area contributed by atoms with Crippen LogP contribution in [-0.2, 0) is 6.54 Å². The second-order valence-electron chi connectivity index (χ2n) is 7.47. The van der Waals surface area contributed by atoms with E-state index in [1.165, 1.54) is 0 Å². The van der Waals surface area contributed by atoms with Crippen molar-refractivity contribution in [3.63, 3.8) is 0 Å². The Morgan fingerprint density at radius 1 is 1.06 bits per heavy atom. The maximum atomic E-state index is 13.5. The second kappa shape index (κ2) is 7.75. The minimum atomic E-state index is -0.567. The number of ether oxygens (including phenoxy) is 1. The summed E-state index contributed by atoms with van der Waals surface area (Å²) in [6, 6.07) is 13.9. The average molecular weight is 415 g/mol. The molecule has 3 heterocycles. The number of imidazole rings is 1. The molecular formula is C24H21N3O4. The number of amides is 1. The van der Waals surface area contributed by atoms with Gasteiger partial charge in [0.05, 0.1) is 30.4 Å². The van der Waals surface area contributed by atoms with E-state index in [0.717, 1.165) is 5.56 Å². The molecule has 1 aliphatic rings. The summed E-state index contributed by atoms with van der Waals surface area (Å²) in [6.45, 7) is 1.17. The first-order chi connectivity index (χ1) is 15.2. The van der Waals surface area contributed by atoms with Gasteiger partial charge in [-0.1, -0.05) is 30.3 Å². The molecule has 0 bridgehead atoms. The molecular weight excluding hydrogens is 394 g/mol. The van der Waals surface area contributed by atoms with E-state index >= 15 is 0 Å². The van der Waals surface area contributed by atoms with Crippen molar-refractivity contribution in [3.8, 4) is 5.75 Å². The van der Waals surface area contributed by atoms with Crippen LogP contribution in [-0.4, -0.2) is 34.0 Å². The molecule has 0 fully saturated rings. The molecule has 4 aromatic rings. The number of nitrogens with zero attached hydrogens (tertiary/aromatic N) is 3. The van der Waals surface area contributed by atoms with Crippen LogP contribution in [0.2, 0.25) is 0 Å². The second-order valence-corrected chi connectivity index (χ2v) is 7.47. The largest absolute Gasteiger partial charge is 0.496 e. The van der Waals surface area contributed by atoms with Crippen molar-refractivity contribution >= 4 is 16.9 Å². The molecule has 0 N–H and O–H groups in total. The molecule has 5 rings (SSSR count). The van der Waals surface area contributed by atoms with E-state index < -0.39 is 6.04 Å². The van der Waals surface area contributed by atoms with Crippen molar-refractivity contribution < 1.29 is 13.9 Å². The smallest absolute Gasteiger partial charge is 0.290 e. The van der Waals surface area contributed by atoms with Crippen LogP contribution in [0, 0.1) is 0 Å².